The Hall–Kier alpha value is -1.22. The lowest BCUT2D eigenvalue weighted by atomic mass is 10.2. The summed E-state index contributed by atoms with van der Waals surface area (Å²) in [6.45, 7) is 1.24. The van der Waals surface area contributed by atoms with E-state index in [1.807, 2.05) is 36.4 Å². The molecule has 0 aromatic heterocycles. The van der Waals surface area contributed by atoms with Crippen LogP contribution in [0.2, 0.25) is 10.0 Å². The van der Waals surface area contributed by atoms with Crippen molar-refractivity contribution in [3.05, 3.63) is 63.6 Å². The zero-order valence-electron chi connectivity index (χ0n) is 9.66. The summed E-state index contributed by atoms with van der Waals surface area (Å²) in [4.78, 5) is 0. The Balaban J connectivity index is 1.94. The summed E-state index contributed by atoms with van der Waals surface area (Å²) in [6.07, 6.45) is 0. The van der Waals surface area contributed by atoms with E-state index >= 15 is 0 Å². The monoisotopic (exact) mass is 281 g/mol. The second-order valence-electron chi connectivity index (χ2n) is 3.98. The van der Waals surface area contributed by atoms with Crippen molar-refractivity contribution < 1.29 is 5.11 Å². The molecule has 0 bridgehead atoms. The number of hydrogen-bond donors (Lipinski definition) is 2. The Labute approximate surface area is 116 Å². The largest absolute Gasteiger partial charge is 0.506 e. The van der Waals surface area contributed by atoms with Crippen LogP contribution >= 0.6 is 23.2 Å². The van der Waals surface area contributed by atoms with E-state index in [-0.39, 0.29) is 5.75 Å². The molecule has 0 aliphatic heterocycles. The summed E-state index contributed by atoms with van der Waals surface area (Å²) in [5.74, 6) is 0.137. The van der Waals surface area contributed by atoms with Crippen LogP contribution in [0.25, 0.3) is 0 Å². The first kappa shape index (κ1) is 13.2. The predicted octanol–water partition coefficient (Wildman–Crippen LogP) is 3.99. The number of phenolic OH excluding ortho intramolecular Hbond substituents is 1. The highest BCUT2D eigenvalue weighted by Gasteiger charge is 2.04. The van der Waals surface area contributed by atoms with E-state index in [9.17, 15) is 5.11 Å². The summed E-state index contributed by atoms with van der Waals surface area (Å²) in [7, 11) is 0. The van der Waals surface area contributed by atoms with Gasteiger partial charge in [-0.2, -0.15) is 0 Å². The molecular formula is C14H13Cl2NO. The smallest absolute Gasteiger partial charge is 0.138 e. The van der Waals surface area contributed by atoms with E-state index in [0.717, 1.165) is 16.1 Å². The Morgan fingerprint density at radius 1 is 1.00 bits per heavy atom. The van der Waals surface area contributed by atoms with Crippen molar-refractivity contribution in [3.8, 4) is 5.75 Å². The van der Waals surface area contributed by atoms with Crippen LogP contribution in [0.4, 0.5) is 0 Å². The van der Waals surface area contributed by atoms with Crippen molar-refractivity contribution in [1.82, 2.24) is 5.32 Å². The van der Waals surface area contributed by atoms with Gasteiger partial charge in [0.2, 0.25) is 0 Å². The van der Waals surface area contributed by atoms with E-state index in [1.54, 1.807) is 6.07 Å². The maximum absolute atomic E-state index is 9.75. The fourth-order valence-electron chi connectivity index (χ4n) is 1.69. The number of nitrogens with one attached hydrogen (secondary N) is 1. The van der Waals surface area contributed by atoms with Crippen molar-refractivity contribution in [3.63, 3.8) is 0 Å². The van der Waals surface area contributed by atoms with Gasteiger partial charge >= 0.3 is 0 Å². The minimum atomic E-state index is 0.137. The summed E-state index contributed by atoms with van der Waals surface area (Å²) in [6, 6.07) is 13.0. The van der Waals surface area contributed by atoms with Crippen LogP contribution in [0.1, 0.15) is 11.1 Å². The maximum atomic E-state index is 9.75. The number of aromatic hydroxyl groups is 1. The van der Waals surface area contributed by atoms with Gasteiger partial charge in [0, 0.05) is 23.7 Å². The average Bonchev–Trinajstić information content (AvgIpc) is 2.35. The summed E-state index contributed by atoms with van der Waals surface area (Å²) in [5.41, 5.74) is 1.88. The molecule has 18 heavy (non-hydrogen) atoms. The SMILES string of the molecule is Oc1c(Cl)cccc1CNCc1cccc(Cl)c1. The molecule has 0 aliphatic carbocycles. The molecular weight excluding hydrogens is 269 g/mol. The molecule has 4 heteroatoms. The van der Waals surface area contributed by atoms with Gasteiger partial charge in [-0.15, -0.1) is 0 Å². The van der Waals surface area contributed by atoms with E-state index in [4.69, 9.17) is 23.2 Å². The first-order valence-electron chi connectivity index (χ1n) is 5.58. The molecule has 0 fully saturated rings. The highest BCUT2D eigenvalue weighted by molar-refractivity contribution is 6.32. The van der Waals surface area contributed by atoms with Gasteiger partial charge in [0.15, 0.2) is 0 Å². The summed E-state index contributed by atoms with van der Waals surface area (Å²) >= 11 is 11.7. The molecule has 2 aromatic rings. The third-order valence-electron chi connectivity index (χ3n) is 2.60. The van der Waals surface area contributed by atoms with Crippen molar-refractivity contribution in [2.45, 2.75) is 13.1 Å². The van der Waals surface area contributed by atoms with Crippen LogP contribution in [-0.4, -0.2) is 5.11 Å². The first-order chi connectivity index (χ1) is 8.66. The van der Waals surface area contributed by atoms with E-state index < -0.39 is 0 Å². The fraction of sp³-hybridized carbons (Fsp3) is 0.143. The number of phenols is 1. The van der Waals surface area contributed by atoms with Gasteiger partial charge in [-0.3, -0.25) is 0 Å². The van der Waals surface area contributed by atoms with Gasteiger partial charge in [0.05, 0.1) is 5.02 Å². The molecule has 0 saturated carbocycles. The van der Waals surface area contributed by atoms with Crippen molar-refractivity contribution in [2.75, 3.05) is 0 Å². The Bertz CT molecular complexity index is 543. The summed E-state index contributed by atoms with van der Waals surface area (Å²) in [5, 5.41) is 14.1. The molecule has 0 heterocycles. The van der Waals surface area contributed by atoms with Crippen LogP contribution in [-0.2, 0) is 13.1 Å². The topological polar surface area (TPSA) is 32.3 Å². The standard InChI is InChI=1S/C14H13Cl2NO/c15-12-5-1-3-10(7-12)8-17-9-11-4-2-6-13(16)14(11)18/h1-7,17-18H,8-9H2. The summed E-state index contributed by atoms with van der Waals surface area (Å²) < 4.78 is 0. The highest BCUT2D eigenvalue weighted by atomic mass is 35.5. The highest BCUT2D eigenvalue weighted by Crippen LogP contribution is 2.26. The molecule has 2 nitrogen and oxygen atoms in total. The van der Waals surface area contributed by atoms with E-state index in [0.29, 0.717) is 18.1 Å². The molecule has 0 aliphatic rings. The van der Waals surface area contributed by atoms with Crippen LogP contribution in [0, 0.1) is 0 Å². The van der Waals surface area contributed by atoms with Gasteiger partial charge < -0.3 is 10.4 Å². The third kappa shape index (κ3) is 3.39. The minimum Gasteiger partial charge on any atom is -0.506 e. The third-order valence-corrected chi connectivity index (χ3v) is 3.14. The van der Waals surface area contributed by atoms with Gasteiger partial charge in [-0.25, -0.2) is 0 Å². The number of benzene rings is 2. The minimum absolute atomic E-state index is 0.137. The Kier molecular flexibility index (Phi) is 4.48. The van der Waals surface area contributed by atoms with Gasteiger partial charge in [0.25, 0.3) is 0 Å². The number of rotatable bonds is 4. The van der Waals surface area contributed by atoms with Crippen LogP contribution in [0.5, 0.6) is 5.75 Å². The second kappa shape index (κ2) is 6.10. The van der Waals surface area contributed by atoms with Crippen molar-refractivity contribution in [1.29, 1.82) is 0 Å². The van der Waals surface area contributed by atoms with Crippen LogP contribution in [0.3, 0.4) is 0 Å². The molecule has 2 rings (SSSR count). The van der Waals surface area contributed by atoms with Crippen molar-refractivity contribution >= 4 is 23.2 Å². The van der Waals surface area contributed by atoms with Crippen LogP contribution in [0.15, 0.2) is 42.5 Å². The molecule has 2 aromatic carbocycles. The van der Waals surface area contributed by atoms with Crippen molar-refractivity contribution in [2.24, 2.45) is 0 Å². The predicted molar refractivity (Wildman–Crippen MR) is 75.1 cm³/mol. The Morgan fingerprint density at radius 2 is 1.78 bits per heavy atom. The molecule has 0 radical (unpaired) electrons. The quantitative estimate of drug-likeness (QED) is 0.888. The van der Waals surface area contributed by atoms with Gasteiger partial charge in [-0.1, -0.05) is 47.5 Å². The molecule has 0 spiro atoms. The number of hydrogen-bond acceptors (Lipinski definition) is 2. The normalized spacial score (nSPS) is 10.6. The van der Waals surface area contributed by atoms with E-state index in [1.165, 1.54) is 0 Å². The van der Waals surface area contributed by atoms with Gasteiger partial charge in [-0.05, 0) is 23.8 Å². The number of halogens is 2. The Morgan fingerprint density at radius 3 is 2.56 bits per heavy atom. The molecule has 0 amide bonds. The fourth-order valence-corrected chi connectivity index (χ4v) is 2.10. The van der Waals surface area contributed by atoms with E-state index in [2.05, 4.69) is 5.32 Å². The molecule has 2 N–H and O–H groups in total. The first-order valence-corrected chi connectivity index (χ1v) is 6.34. The zero-order chi connectivity index (χ0) is 13.0. The van der Waals surface area contributed by atoms with Gasteiger partial charge in [0.1, 0.15) is 5.75 Å². The lowest BCUT2D eigenvalue weighted by Crippen LogP contribution is -2.12. The number of para-hydroxylation sites is 1. The zero-order valence-corrected chi connectivity index (χ0v) is 11.2. The maximum Gasteiger partial charge on any atom is 0.138 e. The molecule has 0 unspecified atom stereocenters. The average molecular weight is 282 g/mol. The van der Waals surface area contributed by atoms with Crippen LogP contribution < -0.4 is 5.32 Å². The molecule has 94 valence electrons. The second-order valence-corrected chi connectivity index (χ2v) is 4.82. The molecule has 0 saturated heterocycles. The molecule has 0 atom stereocenters. The lowest BCUT2D eigenvalue weighted by molar-refractivity contribution is 0.464. The lowest BCUT2D eigenvalue weighted by Gasteiger charge is -2.08.